The van der Waals surface area contributed by atoms with Crippen molar-refractivity contribution in [1.82, 2.24) is 10.3 Å². The Morgan fingerprint density at radius 1 is 1.26 bits per heavy atom. The molecule has 1 aromatic carbocycles. The summed E-state index contributed by atoms with van der Waals surface area (Å²) >= 11 is 0. The molecule has 2 aromatic rings. The molecule has 0 atom stereocenters. The monoisotopic (exact) mass is 260 g/mol. The number of aromatic nitrogens is 1. The van der Waals surface area contributed by atoms with Crippen LogP contribution in [0.25, 0.3) is 0 Å². The lowest BCUT2D eigenvalue weighted by Gasteiger charge is -2.09. The molecule has 1 heterocycles. The van der Waals surface area contributed by atoms with E-state index >= 15 is 0 Å². The number of aryl methyl sites for hydroxylation is 1. The Kier molecular flexibility index (Phi) is 4.47. The van der Waals surface area contributed by atoms with E-state index in [4.69, 9.17) is 4.74 Å². The lowest BCUT2D eigenvalue weighted by Crippen LogP contribution is -2.06. The third-order valence-electron chi connectivity index (χ3n) is 2.85. The molecule has 4 heteroatoms. The Balaban J connectivity index is 1.98. The van der Waals surface area contributed by atoms with Crippen LogP contribution in [-0.4, -0.2) is 12.0 Å². The van der Waals surface area contributed by atoms with E-state index in [-0.39, 0.29) is 5.82 Å². The van der Waals surface area contributed by atoms with Crippen LogP contribution in [0, 0.1) is 12.7 Å². The largest absolute Gasteiger partial charge is 0.487 e. The minimum Gasteiger partial charge on any atom is -0.487 e. The van der Waals surface area contributed by atoms with Gasteiger partial charge >= 0.3 is 0 Å². The lowest BCUT2D eigenvalue weighted by atomic mass is 10.1. The maximum absolute atomic E-state index is 13.0. The predicted octanol–water partition coefficient (Wildman–Crippen LogP) is 2.83. The number of rotatable bonds is 5. The lowest BCUT2D eigenvalue weighted by molar-refractivity contribution is 0.304. The van der Waals surface area contributed by atoms with E-state index in [9.17, 15) is 4.39 Å². The molecular formula is C15H17FN2O. The van der Waals surface area contributed by atoms with E-state index < -0.39 is 0 Å². The smallest absolute Gasteiger partial charge is 0.138 e. The quantitative estimate of drug-likeness (QED) is 0.897. The molecule has 0 unspecified atom stereocenters. The molecule has 1 N–H and O–H groups in total. The fraction of sp³-hybridized carbons (Fsp3) is 0.267. The first-order chi connectivity index (χ1) is 9.19. The highest BCUT2D eigenvalue weighted by Gasteiger charge is 2.02. The van der Waals surface area contributed by atoms with E-state index in [0.29, 0.717) is 12.4 Å². The Morgan fingerprint density at radius 2 is 2.11 bits per heavy atom. The van der Waals surface area contributed by atoms with Crippen LogP contribution in [0.5, 0.6) is 5.75 Å². The second-order valence-corrected chi connectivity index (χ2v) is 4.38. The zero-order valence-electron chi connectivity index (χ0n) is 11.1. The summed E-state index contributed by atoms with van der Waals surface area (Å²) in [5.74, 6) is 0.489. The summed E-state index contributed by atoms with van der Waals surface area (Å²) in [7, 11) is 1.88. The van der Waals surface area contributed by atoms with Gasteiger partial charge in [0, 0.05) is 6.54 Å². The van der Waals surface area contributed by atoms with Crippen molar-refractivity contribution >= 4 is 0 Å². The number of hydrogen-bond acceptors (Lipinski definition) is 3. The molecule has 0 saturated carbocycles. The molecule has 3 nitrogen and oxygen atoms in total. The zero-order valence-corrected chi connectivity index (χ0v) is 11.1. The van der Waals surface area contributed by atoms with Crippen molar-refractivity contribution in [2.75, 3.05) is 7.05 Å². The van der Waals surface area contributed by atoms with Gasteiger partial charge in [-0.05, 0) is 49.4 Å². The van der Waals surface area contributed by atoms with Gasteiger partial charge in [-0.25, -0.2) is 4.39 Å². The summed E-state index contributed by atoms with van der Waals surface area (Å²) < 4.78 is 18.6. The number of hydrogen-bond donors (Lipinski definition) is 1. The van der Waals surface area contributed by atoms with Crippen LogP contribution in [0.15, 0.2) is 36.5 Å². The summed E-state index contributed by atoms with van der Waals surface area (Å²) in [6.07, 6.45) is 1.70. The van der Waals surface area contributed by atoms with E-state index in [2.05, 4.69) is 10.3 Å². The normalized spacial score (nSPS) is 10.5. The average Bonchev–Trinajstić information content (AvgIpc) is 2.40. The molecule has 0 saturated heterocycles. The maximum Gasteiger partial charge on any atom is 0.138 e. The number of ether oxygens (including phenoxy) is 1. The SMILES string of the molecule is CNCc1ccc(OCc2ccc(F)cc2C)cn1. The van der Waals surface area contributed by atoms with Crippen molar-refractivity contribution in [3.63, 3.8) is 0 Å². The van der Waals surface area contributed by atoms with Gasteiger partial charge in [-0.3, -0.25) is 4.98 Å². The van der Waals surface area contributed by atoms with Gasteiger partial charge in [0.15, 0.2) is 0 Å². The van der Waals surface area contributed by atoms with Crippen LogP contribution < -0.4 is 10.1 Å². The summed E-state index contributed by atoms with van der Waals surface area (Å²) in [6.45, 7) is 3.02. The molecule has 19 heavy (non-hydrogen) atoms. The Labute approximate surface area is 112 Å². The first-order valence-corrected chi connectivity index (χ1v) is 6.16. The summed E-state index contributed by atoms with van der Waals surface area (Å²) in [4.78, 5) is 4.27. The second kappa shape index (κ2) is 6.29. The van der Waals surface area contributed by atoms with Gasteiger partial charge in [-0.15, -0.1) is 0 Å². The van der Waals surface area contributed by atoms with Gasteiger partial charge in [0.05, 0.1) is 11.9 Å². The molecular weight excluding hydrogens is 243 g/mol. The van der Waals surface area contributed by atoms with E-state index in [1.165, 1.54) is 12.1 Å². The van der Waals surface area contributed by atoms with Crippen LogP contribution in [0.4, 0.5) is 4.39 Å². The molecule has 0 bridgehead atoms. The zero-order chi connectivity index (χ0) is 13.7. The van der Waals surface area contributed by atoms with Gasteiger partial charge in [-0.2, -0.15) is 0 Å². The van der Waals surface area contributed by atoms with Crippen LogP contribution in [0.3, 0.4) is 0 Å². The van der Waals surface area contributed by atoms with Gasteiger partial charge in [0.25, 0.3) is 0 Å². The van der Waals surface area contributed by atoms with Crippen molar-refractivity contribution < 1.29 is 9.13 Å². The van der Waals surface area contributed by atoms with E-state index in [1.54, 1.807) is 12.3 Å². The number of halogens is 1. The Hall–Kier alpha value is -1.94. The minimum atomic E-state index is -0.223. The fourth-order valence-electron chi connectivity index (χ4n) is 1.76. The highest BCUT2D eigenvalue weighted by molar-refractivity contribution is 5.27. The molecule has 0 amide bonds. The van der Waals surface area contributed by atoms with Gasteiger partial charge < -0.3 is 10.1 Å². The molecule has 1 aromatic heterocycles. The molecule has 0 radical (unpaired) electrons. The summed E-state index contributed by atoms with van der Waals surface area (Å²) in [6, 6.07) is 8.50. The summed E-state index contributed by atoms with van der Waals surface area (Å²) in [5, 5.41) is 3.04. The standard InChI is InChI=1S/C15H17FN2O/c1-11-7-13(16)4-3-12(11)10-19-15-6-5-14(8-17-2)18-9-15/h3-7,9,17H,8,10H2,1-2H3. The van der Waals surface area contributed by atoms with Crippen LogP contribution >= 0.6 is 0 Å². The van der Waals surface area contributed by atoms with Gasteiger partial charge in [-0.1, -0.05) is 6.07 Å². The Morgan fingerprint density at radius 3 is 2.74 bits per heavy atom. The summed E-state index contributed by atoms with van der Waals surface area (Å²) in [5.41, 5.74) is 2.83. The second-order valence-electron chi connectivity index (χ2n) is 4.38. The minimum absolute atomic E-state index is 0.223. The van der Waals surface area contributed by atoms with Crippen LogP contribution in [0.2, 0.25) is 0 Å². The number of benzene rings is 1. The molecule has 0 aliphatic heterocycles. The van der Waals surface area contributed by atoms with Crippen LogP contribution in [-0.2, 0) is 13.2 Å². The third kappa shape index (κ3) is 3.76. The van der Waals surface area contributed by atoms with Gasteiger partial charge in [0.1, 0.15) is 18.2 Å². The first kappa shape index (κ1) is 13.5. The highest BCUT2D eigenvalue weighted by atomic mass is 19.1. The molecule has 100 valence electrons. The topological polar surface area (TPSA) is 34.1 Å². The van der Waals surface area contributed by atoms with Crippen molar-refractivity contribution in [2.45, 2.75) is 20.1 Å². The molecule has 0 fully saturated rings. The number of nitrogens with zero attached hydrogens (tertiary/aromatic N) is 1. The van der Waals surface area contributed by atoms with Crippen molar-refractivity contribution in [2.24, 2.45) is 0 Å². The molecule has 0 spiro atoms. The Bertz CT molecular complexity index is 540. The third-order valence-corrected chi connectivity index (χ3v) is 2.85. The van der Waals surface area contributed by atoms with E-state index in [1.807, 2.05) is 26.1 Å². The maximum atomic E-state index is 13.0. The molecule has 2 rings (SSSR count). The fourth-order valence-corrected chi connectivity index (χ4v) is 1.76. The van der Waals surface area contributed by atoms with Crippen LogP contribution in [0.1, 0.15) is 16.8 Å². The molecule has 0 aliphatic carbocycles. The van der Waals surface area contributed by atoms with Crippen molar-refractivity contribution in [1.29, 1.82) is 0 Å². The van der Waals surface area contributed by atoms with Crippen molar-refractivity contribution in [3.05, 3.63) is 59.2 Å². The highest BCUT2D eigenvalue weighted by Crippen LogP contribution is 2.15. The predicted molar refractivity (Wildman–Crippen MR) is 72.5 cm³/mol. The van der Waals surface area contributed by atoms with Gasteiger partial charge in [0.2, 0.25) is 0 Å². The first-order valence-electron chi connectivity index (χ1n) is 6.16. The van der Waals surface area contributed by atoms with Crippen molar-refractivity contribution in [3.8, 4) is 5.75 Å². The number of nitrogens with one attached hydrogen (secondary N) is 1. The number of pyridine rings is 1. The average molecular weight is 260 g/mol. The molecule has 0 aliphatic rings. The van der Waals surface area contributed by atoms with E-state index in [0.717, 1.165) is 23.4 Å².